The van der Waals surface area contributed by atoms with Gasteiger partial charge >= 0.3 is 0 Å². The molecule has 6 heteroatoms. The van der Waals surface area contributed by atoms with Gasteiger partial charge in [-0.1, -0.05) is 36.7 Å². The number of nitrogens with two attached hydrogens (primary N) is 1. The Morgan fingerprint density at radius 2 is 1.91 bits per heavy atom. The third-order valence-corrected chi connectivity index (χ3v) is 6.98. The number of aryl methyl sites for hydroxylation is 1. The Labute approximate surface area is 198 Å². The van der Waals surface area contributed by atoms with Crippen LogP contribution >= 0.6 is 11.6 Å². The van der Waals surface area contributed by atoms with Crippen molar-refractivity contribution in [3.8, 4) is 5.75 Å². The molecule has 2 aromatic carbocycles. The maximum Gasteiger partial charge on any atom is 0.255 e. The SMILES string of the molecule is CCC(CNC(=O)c1ccccc1O)C[N+](C)(CCCCc1ccc(N)c(Cl)c1)C(C)C. The summed E-state index contributed by atoms with van der Waals surface area (Å²) in [5.74, 6) is 0.166. The Morgan fingerprint density at radius 1 is 1.19 bits per heavy atom. The maximum absolute atomic E-state index is 12.5. The second-order valence-electron chi connectivity index (χ2n) is 9.29. The first-order valence-corrected chi connectivity index (χ1v) is 12.0. The van der Waals surface area contributed by atoms with Crippen molar-refractivity contribution >= 4 is 23.2 Å². The van der Waals surface area contributed by atoms with Crippen LogP contribution in [0.15, 0.2) is 42.5 Å². The van der Waals surface area contributed by atoms with Gasteiger partial charge in [0.15, 0.2) is 0 Å². The van der Waals surface area contributed by atoms with Gasteiger partial charge < -0.3 is 20.6 Å². The second-order valence-corrected chi connectivity index (χ2v) is 9.70. The largest absolute Gasteiger partial charge is 0.507 e. The third-order valence-electron chi connectivity index (χ3n) is 6.65. The van der Waals surface area contributed by atoms with Crippen molar-refractivity contribution in [2.75, 3.05) is 32.4 Å². The number of quaternary nitrogens is 1. The standard InChI is InChI=1S/C26H38ClN3O2/c1-5-20(17-29-26(32)22-11-6-7-12-25(22)31)18-30(4,19(2)3)15-9-8-10-21-13-14-24(28)23(27)16-21/h6-7,11-14,16,19-20H,5,8-10,15,17-18,28H2,1-4H3,(H-,29,31,32)/p+1. The summed E-state index contributed by atoms with van der Waals surface area (Å²) >= 11 is 6.14. The van der Waals surface area contributed by atoms with E-state index in [1.54, 1.807) is 18.2 Å². The van der Waals surface area contributed by atoms with Crippen molar-refractivity contribution in [3.63, 3.8) is 0 Å². The smallest absolute Gasteiger partial charge is 0.255 e. The fourth-order valence-corrected chi connectivity index (χ4v) is 4.22. The zero-order valence-corrected chi connectivity index (χ0v) is 20.7. The molecule has 2 aromatic rings. The van der Waals surface area contributed by atoms with Crippen LogP contribution in [0, 0.1) is 5.92 Å². The van der Waals surface area contributed by atoms with Crippen LogP contribution in [0.4, 0.5) is 5.69 Å². The lowest BCUT2D eigenvalue weighted by Gasteiger charge is -2.41. The zero-order chi connectivity index (χ0) is 23.7. The monoisotopic (exact) mass is 460 g/mol. The average Bonchev–Trinajstić information content (AvgIpc) is 2.76. The normalized spacial score (nSPS) is 14.2. The van der Waals surface area contributed by atoms with Crippen LogP contribution in [0.3, 0.4) is 0 Å². The molecule has 0 aliphatic carbocycles. The van der Waals surface area contributed by atoms with Gasteiger partial charge in [0.2, 0.25) is 0 Å². The molecule has 176 valence electrons. The van der Waals surface area contributed by atoms with E-state index in [0.717, 1.165) is 43.3 Å². The number of halogens is 1. The molecule has 5 nitrogen and oxygen atoms in total. The number of hydrogen-bond donors (Lipinski definition) is 3. The number of nitrogen functional groups attached to an aromatic ring is 1. The first-order valence-electron chi connectivity index (χ1n) is 11.6. The molecule has 4 N–H and O–H groups in total. The third kappa shape index (κ3) is 7.42. The molecule has 2 atom stereocenters. The number of amides is 1. The minimum absolute atomic E-state index is 0.0169. The number of anilines is 1. The van der Waals surface area contributed by atoms with Crippen molar-refractivity contribution in [1.82, 2.24) is 5.32 Å². The van der Waals surface area contributed by atoms with Gasteiger partial charge in [0.1, 0.15) is 5.75 Å². The number of carbonyl (C=O) groups excluding carboxylic acids is 1. The average molecular weight is 461 g/mol. The second kappa shape index (κ2) is 12.1. The molecule has 0 radical (unpaired) electrons. The molecule has 0 heterocycles. The first-order chi connectivity index (χ1) is 15.2. The van der Waals surface area contributed by atoms with E-state index < -0.39 is 0 Å². The summed E-state index contributed by atoms with van der Waals surface area (Å²) < 4.78 is 0.966. The molecule has 32 heavy (non-hydrogen) atoms. The van der Waals surface area contributed by atoms with Gasteiger partial charge in [-0.2, -0.15) is 0 Å². The number of aromatic hydroxyl groups is 1. The van der Waals surface area contributed by atoms with Gasteiger partial charge in [0.25, 0.3) is 5.91 Å². The number of nitrogens with one attached hydrogen (secondary N) is 1. The van der Waals surface area contributed by atoms with Crippen LogP contribution in [-0.2, 0) is 6.42 Å². The molecular formula is C26H39ClN3O2+. The summed E-state index contributed by atoms with van der Waals surface area (Å²) in [6.45, 7) is 9.41. The first kappa shape index (κ1) is 26.0. The molecule has 0 saturated heterocycles. The molecule has 0 aliphatic rings. The summed E-state index contributed by atoms with van der Waals surface area (Å²) in [7, 11) is 2.32. The Kier molecular flexibility index (Phi) is 9.85. The number of unbranched alkanes of at least 4 members (excludes halogenated alkanes) is 1. The van der Waals surface area contributed by atoms with E-state index in [4.69, 9.17) is 17.3 Å². The van der Waals surface area contributed by atoms with Gasteiger partial charge in [-0.05, 0) is 69.4 Å². The van der Waals surface area contributed by atoms with E-state index in [1.165, 1.54) is 11.6 Å². The fourth-order valence-electron chi connectivity index (χ4n) is 4.01. The predicted octanol–water partition coefficient (Wildman–Crippen LogP) is 5.26. The highest BCUT2D eigenvalue weighted by molar-refractivity contribution is 6.33. The van der Waals surface area contributed by atoms with Crippen molar-refractivity contribution in [2.24, 2.45) is 5.92 Å². The molecule has 0 saturated carbocycles. The highest BCUT2D eigenvalue weighted by atomic mass is 35.5. The van der Waals surface area contributed by atoms with Crippen molar-refractivity contribution in [3.05, 3.63) is 58.6 Å². The van der Waals surface area contributed by atoms with Crippen molar-refractivity contribution in [1.29, 1.82) is 0 Å². The number of phenols is 1. The van der Waals surface area contributed by atoms with Crippen molar-refractivity contribution in [2.45, 2.75) is 52.5 Å². The van der Waals surface area contributed by atoms with Crippen LogP contribution in [-0.4, -0.2) is 48.2 Å². The van der Waals surface area contributed by atoms with Crippen LogP contribution < -0.4 is 11.1 Å². The van der Waals surface area contributed by atoms with E-state index in [2.05, 4.69) is 39.2 Å². The minimum Gasteiger partial charge on any atom is -0.507 e. The summed E-state index contributed by atoms with van der Waals surface area (Å²) in [6.07, 6.45) is 4.20. The maximum atomic E-state index is 12.5. The van der Waals surface area contributed by atoms with E-state index in [9.17, 15) is 9.90 Å². The minimum atomic E-state index is -0.220. The van der Waals surface area contributed by atoms with E-state index >= 15 is 0 Å². The Balaban J connectivity index is 1.88. The molecule has 2 rings (SSSR count). The molecule has 1 amide bonds. The topological polar surface area (TPSA) is 75.3 Å². The lowest BCUT2D eigenvalue weighted by molar-refractivity contribution is -0.932. The van der Waals surface area contributed by atoms with Crippen LogP contribution in [0.2, 0.25) is 5.02 Å². The molecular weight excluding hydrogens is 422 g/mol. The van der Waals surface area contributed by atoms with E-state index in [-0.39, 0.29) is 11.7 Å². The van der Waals surface area contributed by atoms with E-state index in [0.29, 0.717) is 34.8 Å². The molecule has 0 spiro atoms. The fraction of sp³-hybridized carbons (Fsp3) is 0.500. The number of benzene rings is 2. The van der Waals surface area contributed by atoms with Crippen LogP contribution in [0.1, 0.15) is 56.0 Å². The lowest BCUT2D eigenvalue weighted by Crippen LogP contribution is -2.54. The molecule has 0 aliphatic heterocycles. The number of carbonyl (C=O) groups is 1. The summed E-state index contributed by atoms with van der Waals surface area (Å²) in [4.78, 5) is 12.5. The molecule has 0 aromatic heterocycles. The number of phenolic OH excluding ortho intramolecular Hbond substituents is 1. The number of nitrogens with zero attached hydrogens (tertiary/aromatic N) is 1. The van der Waals surface area contributed by atoms with Gasteiger partial charge in [-0.15, -0.1) is 0 Å². The molecule has 2 unspecified atom stereocenters. The molecule has 0 bridgehead atoms. The van der Waals surface area contributed by atoms with E-state index in [1.807, 2.05) is 12.1 Å². The molecule has 0 fully saturated rings. The van der Waals surface area contributed by atoms with Crippen molar-refractivity contribution < 1.29 is 14.4 Å². The zero-order valence-electron chi connectivity index (χ0n) is 19.9. The quantitative estimate of drug-likeness (QED) is 0.229. The highest BCUT2D eigenvalue weighted by Gasteiger charge is 2.29. The lowest BCUT2D eigenvalue weighted by atomic mass is 10.0. The number of hydrogen-bond acceptors (Lipinski definition) is 3. The summed E-state index contributed by atoms with van der Waals surface area (Å²) in [5.41, 5.74) is 7.98. The van der Waals surface area contributed by atoms with Gasteiger partial charge in [0.05, 0.1) is 42.5 Å². The number of rotatable bonds is 12. The Hall–Kier alpha value is -2.24. The highest BCUT2D eigenvalue weighted by Crippen LogP contribution is 2.22. The summed E-state index contributed by atoms with van der Waals surface area (Å²) in [6, 6.07) is 13.0. The Morgan fingerprint density at radius 3 is 2.53 bits per heavy atom. The predicted molar refractivity (Wildman–Crippen MR) is 134 cm³/mol. The Bertz CT molecular complexity index is 887. The summed E-state index contributed by atoms with van der Waals surface area (Å²) in [5, 5.41) is 13.6. The number of para-hydroxylation sites is 1. The van der Waals surface area contributed by atoms with Gasteiger partial charge in [-0.3, -0.25) is 4.79 Å². The van der Waals surface area contributed by atoms with Crippen LogP contribution in [0.25, 0.3) is 0 Å². The van der Waals surface area contributed by atoms with Gasteiger partial charge in [-0.25, -0.2) is 0 Å². The van der Waals surface area contributed by atoms with Gasteiger partial charge in [0, 0.05) is 12.5 Å². The van der Waals surface area contributed by atoms with Crippen LogP contribution in [0.5, 0.6) is 5.75 Å².